The van der Waals surface area contributed by atoms with Crippen LogP contribution in [0.1, 0.15) is 35.1 Å². The van der Waals surface area contributed by atoms with Crippen molar-refractivity contribution in [1.29, 1.82) is 0 Å². The molecule has 3 rings (SSSR count). The van der Waals surface area contributed by atoms with Crippen molar-refractivity contribution in [3.05, 3.63) is 53.2 Å². The molecule has 2 heterocycles. The number of rotatable bonds is 4. The van der Waals surface area contributed by atoms with Crippen molar-refractivity contribution in [3.8, 4) is 11.5 Å². The van der Waals surface area contributed by atoms with Crippen LogP contribution in [0.5, 0.6) is 11.5 Å². The lowest BCUT2D eigenvalue weighted by atomic mass is 10.1. The van der Waals surface area contributed by atoms with Gasteiger partial charge in [0.2, 0.25) is 0 Å². The third kappa shape index (κ3) is 3.35. The van der Waals surface area contributed by atoms with Crippen molar-refractivity contribution < 1.29 is 9.53 Å². The monoisotopic (exact) mass is 326 g/mol. The van der Waals surface area contributed by atoms with Crippen LogP contribution in [0.25, 0.3) is 10.1 Å². The van der Waals surface area contributed by atoms with Crippen molar-refractivity contribution >= 4 is 27.3 Å². The summed E-state index contributed by atoms with van der Waals surface area (Å²) < 4.78 is 7.08. The predicted molar refractivity (Wildman–Crippen MR) is 93.6 cm³/mol. The fraction of sp³-hybridized carbons (Fsp3) is 0.222. The van der Waals surface area contributed by atoms with E-state index in [1.165, 1.54) is 15.0 Å². The number of ether oxygens (including phenoxy) is 1. The zero-order valence-electron chi connectivity index (χ0n) is 13.3. The summed E-state index contributed by atoms with van der Waals surface area (Å²) in [4.78, 5) is 17.0. The zero-order chi connectivity index (χ0) is 16.4. The minimum absolute atomic E-state index is 0.231. The number of benzene rings is 1. The van der Waals surface area contributed by atoms with Crippen LogP contribution in [-0.2, 0) is 0 Å². The summed E-state index contributed by atoms with van der Waals surface area (Å²) in [6.07, 6.45) is 1.57. The summed E-state index contributed by atoms with van der Waals surface area (Å²) in [5.41, 5.74) is 0.337. The molecule has 0 fully saturated rings. The van der Waals surface area contributed by atoms with E-state index in [0.717, 1.165) is 5.75 Å². The van der Waals surface area contributed by atoms with Crippen LogP contribution < -0.4 is 10.1 Å². The first-order chi connectivity index (χ1) is 11.1. The van der Waals surface area contributed by atoms with Crippen molar-refractivity contribution in [2.24, 2.45) is 0 Å². The molecule has 0 radical (unpaired) electrons. The third-order valence-corrected chi connectivity index (χ3v) is 4.90. The molecule has 4 nitrogen and oxygen atoms in total. The molecule has 118 valence electrons. The van der Waals surface area contributed by atoms with Gasteiger partial charge in [-0.05, 0) is 41.6 Å². The largest absolute Gasteiger partial charge is 0.457 e. The Labute approximate surface area is 139 Å². The van der Waals surface area contributed by atoms with Crippen LogP contribution in [0.4, 0.5) is 0 Å². The van der Waals surface area contributed by atoms with E-state index in [9.17, 15) is 4.79 Å². The molecule has 0 atom stereocenters. The maximum Gasteiger partial charge on any atom is 0.269 e. The van der Waals surface area contributed by atoms with E-state index in [4.69, 9.17) is 4.74 Å². The summed E-state index contributed by atoms with van der Waals surface area (Å²) in [6, 6.07) is 11.6. The van der Waals surface area contributed by atoms with E-state index < -0.39 is 0 Å². The van der Waals surface area contributed by atoms with Crippen LogP contribution in [0.15, 0.2) is 42.6 Å². The second-order valence-corrected chi connectivity index (χ2v) is 6.68. The number of carbonyl (C=O) groups excluding carboxylic acids is 1. The Bertz CT molecular complexity index is 855. The Morgan fingerprint density at radius 2 is 1.96 bits per heavy atom. The number of amides is 1. The number of aromatic nitrogens is 1. The molecule has 0 unspecified atom stereocenters. The van der Waals surface area contributed by atoms with Gasteiger partial charge in [0.15, 0.2) is 0 Å². The van der Waals surface area contributed by atoms with Gasteiger partial charge >= 0.3 is 0 Å². The molecule has 0 saturated heterocycles. The van der Waals surface area contributed by atoms with Gasteiger partial charge in [0.25, 0.3) is 5.91 Å². The smallest absolute Gasteiger partial charge is 0.269 e. The van der Waals surface area contributed by atoms with Crippen LogP contribution in [-0.4, -0.2) is 17.9 Å². The van der Waals surface area contributed by atoms with Gasteiger partial charge in [-0.15, -0.1) is 11.3 Å². The van der Waals surface area contributed by atoms with Gasteiger partial charge < -0.3 is 10.1 Å². The van der Waals surface area contributed by atoms with Gasteiger partial charge in [0.05, 0.1) is 0 Å². The van der Waals surface area contributed by atoms with E-state index in [2.05, 4.69) is 36.3 Å². The van der Waals surface area contributed by atoms with E-state index in [-0.39, 0.29) is 5.91 Å². The average Bonchev–Trinajstić information content (AvgIpc) is 2.98. The Morgan fingerprint density at radius 3 is 2.70 bits per heavy atom. The summed E-state index contributed by atoms with van der Waals surface area (Å²) in [7, 11) is 1.58. The molecule has 0 spiro atoms. The number of fused-ring (bicyclic) bond motifs is 1. The molecule has 1 amide bonds. The first-order valence-corrected chi connectivity index (χ1v) is 8.28. The molecular formula is C18H18N2O2S. The SMILES string of the molecule is CNC(=O)c1cc(Oc2ccc3cc(C(C)C)sc3c2)ccn1. The zero-order valence-corrected chi connectivity index (χ0v) is 14.1. The fourth-order valence-electron chi connectivity index (χ4n) is 2.24. The van der Waals surface area contributed by atoms with Crippen LogP contribution in [0, 0.1) is 0 Å². The Balaban J connectivity index is 1.88. The highest BCUT2D eigenvalue weighted by molar-refractivity contribution is 7.19. The number of hydrogen-bond donors (Lipinski definition) is 1. The normalized spacial score (nSPS) is 11.0. The molecule has 3 aromatic rings. The molecule has 23 heavy (non-hydrogen) atoms. The van der Waals surface area contributed by atoms with E-state index in [1.54, 1.807) is 36.7 Å². The highest BCUT2D eigenvalue weighted by Gasteiger charge is 2.09. The lowest BCUT2D eigenvalue weighted by Gasteiger charge is -2.07. The van der Waals surface area contributed by atoms with Crippen LogP contribution in [0.2, 0.25) is 0 Å². The van der Waals surface area contributed by atoms with Gasteiger partial charge in [0.1, 0.15) is 17.2 Å². The predicted octanol–water partition coefficient (Wildman–Crippen LogP) is 4.57. The number of thiophene rings is 1. The summed E-state index contributed by atoms with van der Waals surface area (Å²) in [6.45, 7) is 4.39. The second kappa shape index (κ2) is 6.38. The van der Waals surface area contributed by atoms with Gasteiger partial charge in [0, 0.05) is 28.9 Å². The first kappa shape index (κ1) is 15.5. The van der Waals surface area contributed by atoms with Crippen molar-refractivity contribution in [2.75, 3.05) is 7.05 Å². The first-order valence-electron chi connectivity index (χ1n) is 7.46. The molecule has 0 bridgehead atoms. The number of carbonyl (C=O) groups is 1. The standard InChI is InChI=1S/C18H18N2O2S/c1-11(2)16-8-12-4-5-13(10-17(12)23-16)22-14-6-7-20-15(9-14)18(21)19-3/h4-11H,1-3H3,(H,19,21). The van der Waals surface area contributed by atoms with E-state index in [0.29, 0.717) is 17.4 Å². The van der Waals surface area contributed by atoms with Crippen LogP contribution in [0.3, 0.4) is 0 Å². The lowest BCUT2D eigenvalue weighted by molar-refractivity contribution is 0.0958. The molecule has 0 aliphatic heterocycles. The minimum Gasteiger partial charge on any atom is -0.457 e. The Hall–Kier alpha value is -2.40. The number of nitrogens with zero attached hydrogens (tertiary/aromatic N) is 1. The number of hydrogen-bond acceptors (Lipinski definition) is 4. The average molecular weight is 326 g/mol. The molecule has 0 saturated carbocycles. The van der Waals surface area contributed by atoms with Crippen LogP contribution >= 0.6 is 11.3 Å². The molecule has 0 aliphatic carbocycles. The van der Waals surface area contributed by atoms with Gasteiger partial charge in [-0.1, -0.05) is 13.8 Å². The quantitative estimate of drug-likeness (QED) is 0.764. The third-order valence-electron chi connectivity index (χ3n) is 3.51. The molecule has 1 aromatic carbocycles. The van der Waals surface area contributed by atoms with Crippen molar-refractivity contribution in [2.45, 2.75) is 19.8 Å². The topological polar surface area (TPSA) is 51.2 Å². The summed E-state index contributed by atoms with van der Waals surface area (Å²) in [5.74, 6) is 1.64. The van der Waals surface area contributed by atoms with Gasteiger partial charge in [-0.3, -0.25) is 9.78 Å². The van der Waals surface area contributed by atoms with E-state index in [1.807, 2.05) is 12.1 Å². The maximum absolute atomic E-state index is 11.6. The maximum atomic E-state index is 11.6. The number of pyridine rings is 1. The molecule has 5 heteroatoms. The molecule has 1 N–H and O–H groups in total. The molecule has 0 aliphatic rings. The summed E-state index contributed by atoms with van der Waals surface area (Å²) in [5, 5.41) is 3.78. The Morgan fingerprint density at radius 1 is 1.17 bits per heavy atom. The number of nitrogens with one attached hydrogen (secondary N) is 1. The summed E-state index contributed by atoms with van der Waals surface area (Å²) >= 11 is 1.79. The molecular weight excluding hydrogens is 308 g/mol. The fourth-order valence-corrected chi connectivity index (χ4v) is 3.34. The van der Waals surface area contributed by atoms with Gasteiger partial charge in [-0.25, -0.2) is 0 Å². The Kier molecular flexibility index (Phi) is 4.30. The highest BCUT2D eigenvalue weighted by atomic mass is 32.1. The lowest BCUT2D eigenvalue weighted by Crippen LogP contribution is -2.18. The van der Waals surface area contributed by atoms with E-state index >= 15 is 0 Å². The molecule has 2 aromatic heterocycles. The minimum atomic E-state index is -0.231. The van der Waals surface area contributed by atoms with Crippen molar-refractivity contribution in [1.82, 2.24) is 10.3 Å². The highest BCUT2D eigenvalue weighted by Crippen LogP contribution is 2.34. The van der Waals surface area contributed by atoms with Gasteiger partial charge in [-0.2, -0.15) is 0 Å². The van der Waals surface area contributed by atoms with Crippen molar-refractivity contribution in [3.63, 3.8) is 0 Å². The second-order valence-electron chi connectivity index (χ2n) is 5.56.